The number of nitrogens with zero attached hydrogens (tertiary/aromatic N) is 5. The molecule has 0 N–H and O–H groups in total. The molecule has 2 unspecified atom stereocenters. The maximum atomic E-state index is 14.0. The van der Waals surface area contributed by atoms with Gasteiger partial charge in [-0.25, -0.2) is 13.9 Å². The summed E-state index contributed by atoms with van der Waals surface area (Å²) < 4.78 is 23.1. The molecule has 1 aliphatic carbocycles. The highest BCUT2D eigenvalue weighted by Crippen LogP contribution is 2.37. The van der Waals surface area contributed by atoms with Crippen LogP contribution in [0.4, 0.5) is 4.39 Å². The van der Waals surface area contributed by atoms with E-state index in [0.717, 1.165) is 37.8 Å². The maximum Gasteiger partial charge on any atom is 0.350 e. The van der Waals surface area contributed by atoms with E-state index < -0.39 is 0 Å². The van der Waals surface area contributed by atoms with Crippen molar-refractivity contribution in [1.29, 1.82) is 0 Å². The number of aromatic nitrogens is 3. The number of rotatable bonds is 8. The monoisotopic (exact) mass is 455 g/mol. The Kier molecular flexibility index (Phi) is 6.41. The minimum atomic E-state index is -0.192. The quantitative estimate of drug-likeness (QED) is 0.452. The number of ether oxygens (including phenoxy) is 1. The van der Waals surface area contributed by atoms with E-state index in [1.165, 1.54) is 16.2 Å². The lowest BCUT2D eigenvalue weighted by molar-refractivity contribution is -0.00616. The first-order valence-electron chi connectivity index (χ1n) is 11.7. The van der Waals surface area contributed by atoms with Crippen LogP contribution < -0.4 is 5.69 Å². The van der Waals surface area contributed by atoms with E-state index in [1.54, 1.807) is 12.3 Å². The van der Waals surface area contributed by atoms with E-state index in [-0.39, 0.29) is 24.2 Å². The summed E-state index contributed by atoms with van der Waals surface area (Å²) in [5.41, 5.74) is 1.86. The zero-order chi connectivity index (χ0) is 22.8. The van der Waals surface area contributed by atoms with Gasteiger partial charge in [0.15, 0.2) is 5.65 Å². The van der Waals surface area contributed by atoms with Crippen LogP contribution in [0.1, 0.15) is 38.5 Å². The Balaban J connectivity index is 1.23. The van der Waals surface area contributed by atoms with Gasteiger partial charge in [-0.3, -0.25) is 9.30 Å². The van der Waals surface area contributed by atoms with Gasteiger partial charge < -0.3 is 9.57 Å². The van der Waals surface area contributed by atoms with Crippen LogP contribution in [0.2, 0.25) is 0 Å². The van der Waals surface area contributed by atoms with Gasteiger partial charge in [0.05, 0.1) is 25.0 Å². The van der Waals surface area contributed by atoms with Crippen molar-refractivity contribution in [1.82, 2.24) is 19.1 Å². The second-order valence-electron chi connectivity index (χ2n) is 9.04. The number of hydrogen-bond acceptors (Lipinski definition) is 6. The van der Waals surface area contributed by atoms with E-state index >= 15 is 0 Å². The summed E-state index contributed by atoms with van der Waals surface area (Å²) in [5, 5.41) is 8.65. The summed E-state index contributed by atoms with van der Waals surface area (Å²) >= 11 is 0. The molecule has 0 saturated carbocycles. The van der Waals surface area contributed by atoms with E-state index in [4.69, 9.17) is 9.57 Å². The molecule has 33 heavy (non-hydrogen) atoms. The number of hydrogen-bond donors (Lipinski definition) is 0. The second-order valence-corrected chi connectivity index (χ2v) is 9.04. The maximum absolute atomic E-state index is 14.0. The third-order valence-electron chi connectivity index (χ3n) is 6.92. The van der Waals surface area contributed by atoms with Gasteiger partial charge in [-0.1, -0.05) is 23.4 Å². The van der Waals surface area contributed by atoms with Crippen molar-refractivity contribution in [2.24, 2.45) is 5.16 Å². The largest absolute Gasteiger partial charge is 0.399 e. The molecule has 9 heteroatoms. The third kappa shape index (κ3) is 4.65. The molecule has 3 aliphatic rings. The number of piperidine rings is 1. The Bertz CT molecular complexity index is 1140. The minimum Gasteiger partial charge on any atom is -0.399 e. The van der Waals surface area contributed by atoms with Crippen LogP contribution in [0.15, 0.2) is 57.9 Å². The van der Waals surface area contributed by atoms with Crippen molar-refractivity contribution in [3.8, 4) is 0 Å². The number of pyridine rings is 1. The lowest BCUT2D eigenvalue weighted by Gasteiger charge is -2.39. The van der Waals surface area contributed by atoms with Gasteiger partial charge in [-0.2, -0.15) is 0 Å². The van der Waals surface area contributed by atoms with Gasteiger partial charge in [0.2, 0.25) is 0 Å². The SMILES string of the molecule is CO/N=C(\CN1C2CCC1CC(OCC1=C(F)CCC=C1)C2)Cn1nc2ccccn2c1=O. The first kappa shape index (κ1) is 22.0. The zero-order valence-corrected chi connectivity index (χ0v) is 18.9. The van der Waals surface area contributed by atoms with Crippen molar-refractivity contribution >= 4 is 11.4 Å². The van der Waals surface area contributed by atoms with Gasteiger partial charge in [0.1, 0.15) is 12.9 Å². The Morgan fingerprint density at radius 3 is 2.79 bits per heavy atom. The normalized spacial score (nSPS) is 25.9. The smallest absolute Gasteiger partial charge is 0.350 e. The van der Waals surface area contributed by atoms with Crippen LogP contribution in [0.3, 0.4) is 0 Å². The fraction of sp³-hybridized carbons (Fsp3) is 0.542. The zero-order valence-electron chi connectivity index (χ0n) is 18.9. The van der Waals surface area contributed by atoms with Gasteiger partial charge >= 0.3 is 5.69 Å². The molecular formula is C24H30FN5O3. The summed E-state index contributed by atoms with van der Waals surface area (Å²) in [7, 11) is 1.52. The summed E-state index contributed by atoms with van der Waals surface area (Å²) in [6, 6.07) is 6.24. The Labute approximate surface area is 192 Å². The first-order chi connectivity index (χ1) is 16.1. The summed E-state index contributed by atoms with van der Waals surface area (Å²) in [6.07, 6.45) is 11.0. The average molecular weight is 456 g/mol. The predicted octanol–water partition coefficient (Wildman–Crippen LogP) is 3.08. The summed E-state index contributed by atoms with van der Waals surface area (Å²) in [5.74, 6) is -0.0412. The van der Waals surface area contributed by atoms with Gasteiger partial charge in [-0.15, -0.1) is 5.10 Å². The predicted molar refractivity (Wildman–Crippen MR) is 123 cm³/mol. The van der Waals surface area contributed by atoms with E-state index in [9.17, 15) is 9.18 Å². The Morgan fingerprint density at radius 1 is 1.24 bits per heavy atom. The molecule has 176 valence electrons. The topological polar surface area (TPSA) is 73.4 Å². The molecule has 2 atom stereocenters. The Hall–Kier alpha value is -2.78. The molecule has 2 aromatic heterocycles. The van der Waals surface area contributed by atoms with Crippen LogP contribution in [0.5, 0.6) is 0 Å². The lowest BCUT2D eigenvalue weighted by atomic mass is 9.99. The molecular weight excluding hydrogens is 425 g/mol. The highest BCUT2D eigenvalue weighted by molar-refractivity contribution is 5.85. The number of allylic oxidation sites excluding steroid dienone is 2. The molecule has 2 aliphatic heterocycles. The molecule has 0 amide bonds. The van der Waals surface area contributed by atoms with Crippen molar-refractivity contribution in [3.63, 3.8) is 0 Å². The summed E-state index contributed by atoms with van der Waals surface area (Å²) in [4.78, 5) is 20.2. The van der Waals surface area contributed by atoms with Gasteiger partial charge in [-0.05, 0) is 44.2 Å². The number of halogens is 1. The minimum absolute atomic E-state index is 0.0412. The van der Waals surface area contributed by atoms with Crippen LogP contribution in [0.25, 0.3) is 5.65 Å². The third-order valence-corrected chi connectivity index (χ3v) is 6.92. The standard InChI is InChI=1S/C24H30FN5O3/c1-32-27-18(15-30-24(31)28-11-5-4-8-23(28)26-30)14-29-19-9-10-20(29)13-21(12-19)33-16-17-6-2-3-7-22(17)25/h2,4-6,8,11,19-21H,3,7,9-10,12-16H2,1H3/b27-18+. The van der Waals surface area contributed by atoms with Crippen molar-refractivity contribution in [2.75, 3.05) is 20.3 Å². The highest BCUT2D eigenvalue weighted by Gasteiger charge is 2.41. The molecule has 2 bridgehead atoms. The van der Waals surface area contributed by atoms with Gasteiger partial charge in [0, 0.05) is 36.8 Å². The number of oxime groups is 1. The molecule has 8 nitrogen and oxygen atoms in total. The van der Waals surface area contributed by atoms with E-state index in [2.05, 4.69) is 15.2 Å². The first-order valence-corrected chi connectivity index (χ1v) is 11.7. The number of fused-ring (bicyclic) bond motifs is 3. The lowest BCUT2D eigenvalue weighted by Crippen LogP contribution is -2.48. The van der Waals surface area contributed by atoms with Crippen molar-refractivity contribution < 1.29 is 14.0 Å². The molecule has 2 aromatic rings. The van der Waals surface area contributed by atoms with Gasteiger partial charge in [0.25, 0.3) is 0 Å². The van der Waals surface area contributed by atoms with Crippen LogP contribution in [-0.4, -0.2) is 63.2 Å². The molecule has 0 aromatic carbocycles. The second kappa shape index (κ2) is 9.61. The van der Waals surface area contributed by atoms with Crippen molar-refractivity contribution in [2.45, 2.75) is 63.3 Å². The molecule has 4 heterocycles. The molecule has 5 rings (SSSR count). The van der Waals surface area contributed by atoms with Crippen LogP contribution in [-0.2, 0) is 16.1 Å². The van der Waals surface area contributed by atoms with E-state index in [1.807, 2.05) is 24.3 Å². The Morgan fingerprint density at radius 2 is 2.06 bits per heavy atom. The fourth-order valence-corrected chi connectivity index (χ4v) is 5.33. The fourth-order valence-electron chi connectivity index (χ4n) is 5.33. The van der Waals surface area contributed by atoms with Crippen LogP contribution in [0, 0.1) is 0 Å². The van der Waals surface area contributed by atoms with Crippen molar-refractivity contribution in [3.05, 3.63) is 58.4 Å². The average Bonchev–Trinajstić information content (AvgIpc) is 3.24. The van der Waals surface area contributed by atoms with E-state index in [0.29, 0.717) is 42.9 Å². The molecule has 0 spiro atoms. The molecule has 0 radical (unpaired) electrons. The summed E-state index contributed by atoms with van der Waals surface area (Å²) in [6.45, 7) is 1.25. The molecule has 2 fully saturated rings. The highest BCUT2D eigenvalue weighted by atomic mass is 19.1. The molecule has 2 saturated heterocycles. The van der Waals surface area contributed by atoms with Crippen LogP contribution >= 0.6 is 0 Å².